The molecule has 0 aliphatic heterocycles. The number of carbonyl (C=O) groups is 2. The summed E-state index contributed by atoms with van der Waals surface area (Å²) in [6.45, 7) is 7.31. The Morgan fingerprint density at radius 1 is 0.333 bits per heavy atom. The molecule has 0 rings (SSSR count). The average Bonchev–Trinajstić information content (AvgIpc) is 3.32. The number of rotatable bonds is 45. The maximum atomic E-state index is 12.8. The van der Waals surface area contributed by atoms with Crippen LogP contribution in [0.2, 0.25) is 0 Å². The van der Waals surface area contributed by atoms with Gasteiger partial charge in [-0.15, -0.1) is 0 Å². The van der Waals surface area contributed by atoms with E-state index in [1.807, 2.05) is 0 Å². The summed E-state index contributed by atoms with van der Waals surface area (Å²) in [5.41, 5.74) is 0. The fourth-order valence-corrected chi connectivity index (χ4v) is 6.29. The Morgan fingerprint density at radius 3 is 1.05 bits per heavy atom. The van der Waals surface area contributed by atoms with Gasteiger partial charge in [-0.2, -0.15) is 0 Å². The van der Waals surface area contributed by atoms with E-state index in [2.05, 4.69) is 179 Å². The van der Waals surface area contributed by atoms with Gasteiger partial charge in [0.25, 0.3) is 0 Å². The Balaban J connectivity index is 4.50. The van der Waals surface area contributed by atoms with Crippen LogP contribution in [0.3, 0.4) is 0 Å². The molecule has 0 bridgehead atoms. The molecule has 0 aromatic carbocycles. The molecule has 0 amide bonds. The van der Waals surface area contributed by atoms with Crippen LogP contribution in [0.15, 0.2) is 158 Å². The smallest absolute Gasteiger partial charge is 0.306 e. The predicted octanol–water partition coefficient (Wildman–Crippen LogP) is 17.9. The summed E-state index contributed by atoms with van der Waals surface area (Å²) in [7, 11) is 0. The minimum atomic E-state index is -0.604. The zero-order chi connectivity index (χ0) is 47.7. The highest BCUT2D eigenvalue weighted by Gasteiger charge is 2.17. The Labute approximate surface area is 405 Å². The highest BCUT2D eigenvalue weighted by atomic mass is 16.6. The first-order valence-corrected chi connectivity index (χ1v) is 26.0. The van der Waals surface area contributed by atoms with Crippen LogP contribution in [-0.4, -0.2) is 37.9 Å². The van der Waals surface area contributed by atoms with Crippen molar-refractivity contribution in [2.75, 3.05) is 19.8 Å². The Bertz CT molecular complexity index is 1490. The van der Waals surface area contributed by atoms with Crippen LogP contribution in [0.5, 0.6) is 0 Å². The molecule has 368 valence electrons. The van der Waals surface area contributed by atoms with Crippen LogP contribution in [-0.2, 0) is 23.8 Å². The van der Waals surface area contributed by atoms with E-state index in [9.17, 15) is 9.59 Å². The number of carbonyl (C=O) groups excluding carboxylic acids is 2. The van der Waals surface area contributed by atoms with Crippen molar-refractivity contribution in [1.82, 2.24) is 0 Å². The van der Waals surface area contributed by atoms with E-state index >= 15 is 0 Å². The molecule has 5 nitrogen and oxygen atoms in total. The third-order valence-electron chi connectivity index (χ3n) is 10.0. The first kappa shape index (κ1) is 61.5. The zero-order valence-electron chi connectivity index (χ0n) is 42.1. The van der Waals surface area contributed by atoms with Crippen molar-refractivity contribution in [1.29, 1.82) is 0 Å². The van der Waals surface area contributed by atoms with Crippen molar-refractivity contribution in [2.45, 2.75) is 194 Å². The summed E-state index contributed by atoms with van der Waals surface area (Å²) < 4.78 is 17.3. The number of unbranched alkanes of at least 4 members (excludes halogenated alkanes) is 8. The van der Waals surface area contributed by atoms with Gasteiger partial charge in [-0.1, -0.05) is 198 Å². The predicted molar refractivity (Wildman–Crippen MR) is 288 cm³/mol. The van der Waals surface area contributed by atoms with E-state index in [0.29, 0.717) is 25.9 Å². The van der Waals surface area contributed by atoms with E-state index in [1.54, 1.807) is 0 Å². The second-order valence-electron chi connectivity index (χ2n) is 16.3. The largest absolute Gasteiger partial charge is 0.462 e. The van der Waals surface area contributed by atoms with E-state index in [4.69, 9.17) is 14.2 Å². The first-order valence-electron chi connectivity index (χ1n) is 26.0. The molecule has 0 heterocycles. The van der Waals surface area contributed by atoms with Gasteiger partial charge in [0.05, 0.1) is 6.61 Å². The highest BCUT2D eigenvalue weighted by molar-refractivity contribution is 5.70. The molecule has 0 aliphatic carbocycles. The molecule has 0 N–H and O–H groups in total. The van der Waals surface area contributed by atoms with Crippen molar-refractivity contribution in [2.24, 2.45) is 0 Å². The van der Waals surface area contributed by atoms with Gasteiger partial charge in [-0.05, 0) is 135 Å². The van der Waals surface area contributed by atoms with Crippen molar-refractivity contribution in [3.8, 4) is 0 Å². The van der Waals surface area contributed by atoms with E-state index < -0.39 is 6.10 Å². The van der Waals surface area contributed by atoms with Crippen LogP contribution in [0, 0.1) is 0 Å². The lowest BCUT2D eigenvalue weighted by atomic mass is 10.1. The molecule has 1 atom stereocenters. The van der Waals surface area contributed by atoms with Crippen molar-refractivity contribution >= 4 is 11.9 Å². The van der Waals surface area contributed by atoms with Gasteiger partial charge < -0.3 is 14.2 Å². The molecular formula is C61H94O5. The first-order chi connectivity index (χ1) is 32.6. The minimum Gasteiger partial charge on any atom is -0.462 e. The number of hydrogen-bond acceptors (Lipinski definition) is 5. The molecule has 0 aromatic rings. The minimum absolute atomic E-state index is 0.0242. The molecule has 1 unspecified atom stereocenters. The maximum Gasteiger partial charge on any atom is 0.306 e. The van der Waals surface area contributed by atoms with Crippen LogP contribution in [0.25, 0.3) is 0 Å². The van der Waals surface area contributed by atoms with Gasteiger partial charge in [0, 0.05) is 19.4 Å². The Morgan fingerprint density at radius 2 is 0.652 bits per heavy atom. The molecule has 0 fully saturated rings. The molecule has 0 saturated heterocycles. The second-order valence-corrected chi connectivity index (χ2v) is 16.3. The van der Waals surface area contributed by atoms with Crippen LogP contribution in [0.4, 0.5) is 0 Å². The van der Waals surface area contributed by atoms with Gasteiger partial charge in [0.15, 0.2) is 6.10 Å². The molecule has 0 aromatic heterocycles. The van der Waals surface area contributed by atoms with Crippen molar-refractivity contribution in [3.05, 3.63) is 158 Å². The summed E-state index contributed by atoms with van der Waals surface area (Å²) in [5, 5.41) is 0. The van der Waals surface area contributed by atoms with Gasteiger partial charge in [0.1, 0.15) is 6.61 Å². The summed E-state index contributed by atoms with van der Waals surface area (Å²) in [6, 6.07) is 0. The molecule has 0 saturated carbocycles. The fourth-order valence-electron chi connectivity index (χ4n) is 6.29. The average molecular weight is 907 g/mol. The topological polar surface area (TPSA) is 61.8 Å². The van der Waals surface area contributed by atoms with E-state index in [-0.39, 0.29) is 25.2 Å². The number of allylic oxidation sites excluding steroid dienone is 26. The standard InChI is InChI=1S/C61H94O5/c1-4-7-10-13-16-19-22-25-28-30-31-33-34-36-39-42-45-48-51-54-60(62)65-58-59(57-64-56-53-50-47-44-41-38-27-24-21-18-15-12-9-6-3)66-61(63)55-52-49-46-43-40-37-35-32-29-26-23-20-17-14-11-8-5-2/h7-12,16-21,25-29,31,33,35-39,43,46,59H,4-6,13-15,22-24,30,32,34,40-42,44-45,47-58H2,1-3H3/b10-7-,11-8-,12-9-,19-16-,20-17-,21-18-,28-25-,29-26-,33-31-,37-35-,38-27-,39-36-,46-43-. The van der Waals surface area contributed by atoms with Gasteiger partial charge >= 0.3 is 11.9 Å². The van der Waals surface area contributed by atoms with Gasteiger partial charge in [-0.3, -0.25) is 9.59 Å². The summed E-state index contributed by atoms with van der Waals surface area (Å²) >= 11 is 0. The molecule has 66 heavy (non-hydrogen) atoms. The lowest BCUT2D eigenvalue weighted by molar-refractivity contribution is -0.162. The number of hydrogen-bond donors (Lipinski definition) is 0. The fraction of sp³-hybridized carbons (Fsp3) is 0.541. The molecule has 0 spiro atoms. The highest BCUT2D eigenvalue weighted by Crippen LogP contribution is 2.10. The summed E-state index contributed by atoms with van der Waals surface area (Å²) in [5.74, 6) is -0.530. The summed E-state index contributed by atoms with van der Waals surface area (Å²) in [6.07, 6.45) is 81.2. The van der Waals surface area contributed by atoms with Crippen molar-refractivity contribution in [3.63, 3.8) is 0 Å². The maximum absolute atomic E-state index is 12.8. The third kappa shape index (κ3) is 52.1. The Kier molecular flexibility index (Phi) is 51.1. The molecule has 0 aliphatic rings. The number of esters is 2. The molecule has 5 heteroatoms. The lowest BCUT2D eigenvalue weighted by Gasteiger charge is -2.18. The molecular weight excluding hydrogens is 813 g/mol. The Hall–Kier alpha value is -4.48. The monoisotopic (exact) mass is 907 g/mol. The quantitative estimate of drug-likeness (QED) is 0.0346. The van der Waals surface area contributed by atoms with Crippen LogP contribution >= 0.6 is 0 Å². The van der Waals surface area contributed by atoms with Gasteiger partial charge in [0.2, 0.25) is 0 Å². The summed E-state index contributed by atoms with van der Waals surface area (Å²) in [4.78, 5) is 25.4. The molecule has 0 radical (unpaired) electrons. The van der Waals surface area contributed by atoms with E-state index in [1.165, 1.54) is 6.42 Å². The lowest BCUT2D eigenvalue weighted by Crippen LogP contribution is -2.30. The zero-order valence-corrected chi connectivity index (χ0v) is 42.1. The second kappa shape index (κ2) is 54.9. The van der Waals surface area contributed by atoms with Crippen molar-refractivity contribution < 1.29 is 23.8 Å². The SMILES string of the molecule is CC/C=C\C/C=C\C/C=C\C/C=C\C/C=C\CCCCCC(=O)OCC(COCCCCCC/C=C\C/C=C\C/C=C\CC)OC(=O)CCC/C=C\C/C=C\C/C=C\C/C=C\C/C=C\CC. The normalized spacial score (nSPS) is 13.6. The number of ether oxygens (including phenoxy) is 3. The van der Waals surface area contributed by atoms with Crippen LogP contribution < -0.4 is 0 Å². The van der Waals surface area contributed by atoms with Gasteiger partial charge in [-0.25, -0.2) is 0 Å². The van der Waals surface area contributed by atoms with Crippen LogP contribution in [0.1, 0.15) is 188 Å². The third-order valence-corrected chi connectivity index (χ3v) is 10.0. The van der Waals surface area contributed by atoms with E-state index in [0.717, 1.165) is 141 Å².